The first-order chi connectivity index (χ1) is 7.56. The Morgan fingerprint density at radius 1 is 1.00 bits per heavy atom. The maximum atomic E-state index is 3.45. The van der Waals surface area contributed by atoms with Gasteiger partial charge in [-0.15, -0.1) is 0 Å². The van der Waals surface area contributed by atoms with Crippen molar-refractivity contribution in [1.82, 2.24) is 15.1 Å². The van der Waals surface area contributed by atoms with E-state index in [1.807, 2.05) is 0 Å². The molecule has 1 N–H and O–H groups in total. The first kappa shape index (κ1) is 15.9. The number of nitrogens with one attached hydrogen (secondary N) is 1. The van der Waals surface area contributed by atoms with Gasteiger partial charge in [-0.1, -0.05) is 6.92 Å². The molecule has 3 nitrogen and oxygen atoms in total. The molecular weight excluding hydrogens is 198 g/mol. The van der Waals surface area contributed by atoms with E-state index in [4.69, 9.17) is 0 Å². The van der Waals surface area contributed by atoms with Crippen LogP contribution in [0.3, 0.4) is 0 Å². The number of nitrogens with zero attached hydrogens (tertiary/aromatic N) is 2. The average molecular weight is 229 g/mol. The van der Waals surface area contributed by atoms with Gasteiger partial charge in [-0.25, -0.2) is 0 Å². The van der Waals surface area contributed by atoms with Crippen LogP contribution in [0.15, 0.2) is 0 Å². The van der Waals surface area contributed by atoms with E-state index >= 15 is 0 Å². The Hall–Kier alpha value is -0.120. The second kappa shape index (κ2) is 10.1. The second-order valence-electron chi connectivity index (χ2n) is 5.06. The predicted octanol–water partition coefficient (Wildman–Crippen LogP) is 1.65. The molecule has 3 heteroatoms. The van der Waals surface area contributed by atoms with E-state index in [0.717, 1.165) is 6.54 Å². The monoisotopic (exact) mass is 229 g/mol. The largest absolute Gasteiger partial charge is 0.315 e. The van der Waals surface area contributed by atoms with E-state index in [1.54, 1.807) is 0 Å². The lowest BCUT2D eigenvalue weighted by molar-refractivity contribution is 0.291. The summed E-state index contributed by atoms with van der Waals surface area (Å²) >= 11 is 0. The van der Waals surface area contributed by atoms with Crippen LogP contribution < -0.4 is 5.32 Å². The van der Waals surface area contributed by atoms with Gasteiger partial charge in [0.2, 0.25) is 0 Å². The summed E-state index contributed by atoms with van der Waals surface area (Å²) in [4.78, 5) is 4.70. The smallest absolute Gasteiger partial charge is 0.00390 e. The molecule has 1 atom stereocenters. The molecule has 0 rings (SSSR count). The highest BCUT2D eigenvalue weighted by atomic mass is 15.1. The van der Waals surface area contributed by atoms with Crippen LogP contribution in [0.4, 0.5) is 0 Å². The molecule has 0 aromatic heterocycles. The van der Waals surface area contributed by atoms with Crippen molar-refractivity contribution in [2.45, 2.75) is 39.2 Å². The molecule has 0 aliphatic heterocycles. The van der Waals surface area contributed by atoms with Gasteiger partial charge in [0.05, 0.1) is 0 Å². The molecule has 0 aromatic rings. The Labute approximate surface area is 102 Å². The lowest BCUT2D eigenvalue weighted by Crippen LogP contribution is -2.28. The normalized spacial score (nSPS) is 13.7. The van der Waals surface area contributed by atoms with Crippen LogP contribution in [0.1, 0.15) is 33.1 Å². The van der Waals surface area contributed by atoms with E-state index in [0.29, 0.717) is 6.04 Å². The minimum atomic E-state index is 0.667. The molecule has 0 amide bonds. The summed E-state index contributed by atoms with van der Waals surface area (Å²) in [6.45, 7) is 9.16. The minimum Gasteiger partial charge on any atom is -0.315 e. The number of rotatable bonds is 10. The Kier molecular flexibility index (Phi) is 9.99. The zero-order valence-corrected chi connectivity index (χ0v) is 11.9. The van der Waals surface area contributed by atoms with E-state index in [-0.39, 0.29) is 0 Å². The molecule has 0 radical (unpaired) electrons. The van der Waals surface area contributed by atoms with Crippen molar-refractivity contribution in [2.75, 3.05) is 47.3 Å². The van der Waals surface area contributed by atoms with E-state index < -0.39 is 0 Å². The van der Waals surface area contributed by atoms with Crippen LogP contribution in [0, 0.1) is 0 Å². The Balaban J connectivity index is 3.32. The molecule has 1 unspecified atom stereocenters. The van der Waals surface area contributed by atoms with E-state index in [9.17, 15) is 0 Å². The van der Waals surface area contributed by atoms with Crippen LogP contribution in [0.5, 0.6) is 0 Å². The molecule has 0 heterocycles. The highest BCUT2D eigenvalue weighted by molar-refractivity contribution is 4.61. The third kappa shape index (κ3) is 10.4. The van der Waals surface area contributed by atoms with Gasteiger partial charge in [0, 0.05) is 6.04 Å². The van der Waals surface area contributed by atoms with E-state index in [1.165, 1.54) is 38.9 Å². The molecule has 0 fully saturated rings. The van der Waals surface area contributed by atoms with Crippen molar-refractivity contribution >= 4 is 0 Å². The summed E-state index contributed by atoms with van der Waals surface area (Å²) in [6, 6.07) is 0.667. The summed E-state index contributed by atoms with van der Waals surface area (Å²) in [5, 5.41) is 3.45. The minimum absolute atomic E-state index is 0.667. The Morgan fingerprint density at radius 3 is 2.19 bits per heavy atom. The molecule has 16 heavy (non-hydrogen) atoms. The van der Waals surface area contributed by atoms with Crippen molar-refractivity contribution in [3.63, 3.8) is 0 Å². The summed E-state index contributed by atoms with van der Waals surface area (Å²) in [5.74, 6) is 0. The zero-order chi connectivity index (χ0) is 12.4. The van der Waals surface area contributed by atoms with Crippen LogP contribution in [-0.2, 0) is 0 Å². The summed E-state index contributed by atoms with van der Waals surface area (Å²) in [7, 11) is 6.50. The number of hydrogen-bond acceptors (Lipinski definition) is 3. The molecule has 0 aliphatic carbocycles. The molecule has 0 saturated carbocycles. The molecule has 0 bridgehead atoms. The SMILES string of the molecule is CCNC(C)CCCN(C)CCCN(C)C. The Morgan fingerprint density at radius 2 is 1.62 bits per heavy atom. The van der Waals surface area contributed by atoms with Gasteiger partial charge >= 0.3 is 0 Å². The zero-order valence-electron chi connectivity index (χ0n) is 11.9. The molecule has 0 saturated heterocycles. The second-order valence-corrected chi connectivity index (χ2v) is 5.06. The van der Waals surface area contributed by atoms with Crippen LogP contribution in [-0.4, -0.2) is 63.2 Å². The van der Waals surface area contributed by atoms with E-state index in [2.05, 4.69) is 50.1 Å². The standard InChI is InChI=1S/C13H31N3/c1-6-14-13(2)9-7-11-16(5)12-8-10-15(3)4/h13-14H,6-12H2,1-5H3. The molecule has 0 aromatic carbocycles. The van der Waals surface area contributed by atoms with Crippen molar-refractivity contribution in [3.8, 4) is 0 Å². The third-order valence-electron chi connectivity index (χ3n) is 2.87. The van der Waals surface area contributed by atoms with Crippen molar-refractivity contribution in [1.29, 1.82) is 0 Å². The van der Waals surface area contributed by atoms with Gasteiger partial charge in [-0.2, -0.15) is 0 Å². The fraction of sp³-hybridized carbons (Fsp3) is 1.00. The lowest BCUT2D eigenvalue weighted by atomic mass is 10.2. The first-order valence-corrected chi connectivity index (χ1v) is 6.63. The molecular formula is C13H31N3. The van der Waals surface area contributed by atoms with Gasteiger partial charge in [0.25, 0.3) is 0 Å². The molecule has 0 aliphatic rings. The first-order valence-electron chi connectivity index (χ1n) is 6.63. The van der Waals surface area contributed by atoms with Crippen LogP contribution in [0.2, 0.25) is 0 Å². The average Bonchev–Trinajstić information content (AvgIpc) is 2.17. The van der Waals surface area contributed by atoms with Gasteiger partial charge in [0.15, 0.2) is 0 Å². The highest BCUT2D eigenvalue weighted by Gasteiger charge is 2.02. The van der Waals surface area contributed by atoms with Crippen molar-refractivity contribution < 1.29 is 0 Å². The highest BCUT2D eigenvalue weighted by Crippen LogP contribution is 1.99. The molecule has 0 spiro atoms. The van der Waals surface area contributed by atoms with Crippen LogP contribution >= 0.6 is 0 Å². The summed E-state index contributed by atoms with van der Waals surface area (Å²) in [5.41, 5.74) is 0. The van der Waals surface area contributed by atoms with Crippen LogP contribution in [0.25, 0.3) is 0 Å². The number of hydrogen-bond donors (Lipinski definition) is 1. The molecule has 98 valence electrons. The predicted molar refractivity (Wildman–Crippen MR) is 73.0 cm³/mol. The third-order valence-corrected chi connectivity index (χ3v) is 2.87. The maximum absolute atomic E-state index is 3.45. The fourth-order valence-corrected chi connectivity index (χ4v) is 1.89. The fourth-order valence-electron chi connectivity index (χ4n) is 1.89. The summed E-state index contributed by atoms with van der Waals surface area (Å²) in [6.07, 6.45) is 3.85. The van der Waals surface area contributed by atoms with Gasteiger partial charge in [-0.3, -0.25) is 0 Å². The maximum Gasteiger partial charge on any atom is 0.00390 e. The van der Waals surface area contributed by atoms with Gasteiger partial charge < -0.3 is 15.1 Å². The Bertz CT molecular complexity index is 148. The van der Waals surface area contributed by atoms with Crippen molar-refractivity contribution in [3.05, 3.63) is 0 Å². The van der Waals surface area contributed by atoms with Crippen molar-refractivity contribution in [2.24, 2.45) is 0 Å². The summed E-state index contributed by atoms with van der Waals surface area (Å²) < 4.78 is 0. The lowest BCUT2D eigenvalue weighted by Gasteiger charge is -2.19. The van der Waals surface area contributed by atoms with Gasteiger partial charge in [0.1, 0.15) is 0 Å². The quantitative estimate of drug-likeness (QED) is 0.614. The van der Waals surface area contributed by atoms with Gasteiger partial charge in [-0.05, 0) is 73.5 Å². The topological polar surface area (TPSA) is 18.5 Å².